The third kappa shape index (κ3) is 6.83. The number of amides is 2. The molecule has 0 bridgehead atoms. The maximum atomic E-state index is 14.5. The molecule has 8 nitrogen and oxygen atoms in total. The molecule has 2 atom stereocenters. The molecule has 42 heavy (non-hydrogen) atoms. The van der Waals surface area contributed by atoms with Crippen LogP contribution in [0.2, 0.25) is 0 Å². The third-order valence-corrected chi connectivity index (χ3v) is 7.82. The maximum absolute atomic E-state index is 14.5. The Hall–Kier alpha value is -4.14. The first-order valence-electron chi connectivity index (χ1n) is 14.4. The summed E-state index contributed by atoms with van der Waals surface area (Å²) < 4.78 is 9.64. The number of allylic oxidation sites excluding steroid dienone is 5. The number of hydrogen-bond donors (Lipinski definition) is 1. The number of rotatable bonds is 7. The molecule has 2 heterocycles. The van der Waals surface area contributed by atoms with Gasteiger partial charge in [-0.2, -0.15) is 0 Å². The topological polar surface area (TPSA) is 88.3 Å². The predicted molar refractivity (Wildman–Crippen MR) is 167 cm³/mol. The van der Waals surface area contributed by atoms with Gasteiger partial charge >= 0.3 is 0 Å². The van der Waals surface area contributed by atoms with Crippen LogP contribution < -0.4 is 10.6 Å². The Morgan fingerprint density at radius 3 is 2.33 bits per heavy atom. The highest BCUT2D eigenvalue weighted by molar-refractivity contribution is 6.02. The SMILES string of the molecule is COC.COCCN1C(=O)c2ccccc2C(C(=O)N2CCN(c3ccccc3)CC2)C1/C(=C/N)C1=CC=CC=CC1. The maximum Gasteiger partial charge on any atom is 0.254 e. The standard InChI is InChI=1S/C32H36N4O3.C2H6O/c1-39-22-21-36-30(28(23-33)24-11-5-2-3-6-12-24)29(26-15-9-10-16-27(26)31(36)37)32(38)35-19-17-34(18-20-35)25-13-7-4-8-14-25;1-3-2/h2-11,13-16,23,29-30H,12,17-22,33H2,1H3;1-2H3/b28-23+;. The lowest BCUT2D eigenvalue weighted by Gasteiger charge is -2.45. The third-order valence-electron chi connectivity index (χ3n) is 7.82. The van der Waals surface area contributed by atoms with Gasteiger partial charge in [-0.3, -0.25) is 9.59 Å². The molecular weight excluding hydrogens is 528 g/mol. The lowest BCUT2D eigenvalue weighted by molar-refractivity contribution is -0.134. The van der Waals surface area contributed by atoms with Crippen molar-refractivity contribution in [1.29, 1.82) is 0 Å². The Kier molecular flexibility index (Phi) is 11.1. The highest BCUT2D eigenvalue weighted by atomic mass is 16.5. The smallest absolute Gasteiger partial charge is 0.254 e. The first-order chi connectivity index (χ1) is 20.5. The highest BCUT2D eigenvalue weighted by Gasteiger charge is 2.46. The Balaban J connectivity index is 0.00000129. The van der Waals surface area contributed by atoms with Crippen LogP contribution in [0.3, 0.4) is 0 Å². The van der Waals surface area contributed by atoms with Gasteiger partial charge in [0.15, 0.2) is 0 Å². The van der Waals surface area contributed by atoms with Gasteiger partial charge in [0, 0.05) is 65.3 Å². The fraction of sp³-hybridized carbons (Fsp3) is 0.353. The highest BCUT2D eigenvalue weighted by Crippen LogP contribution is 2.41. The molecule has 1 aliphatic carbocycles. The number of anilines is 1. The van der Waals surface area contributed by atoms with Gasteiger partial charge in [-0.25, -0.2) is 0 Å². The van der Waals surface area contributed by atoms with E-state index in [1.54, 1.807) is 32.4 Å². The van der Waals surface area contributed by atoms with Gasteiger partial charge in [0.05, 0.1) is 18.6 Å². The minimum Gasteiger partial charge on any atom is -0.404 e. The molecule has 2 amide bonds. The van der Waals surface area contributed by atoms with Crippen molar-refractivity contribution in [3.05, 3.63) is 113 Å². The second-order valence-corrected chi connectivity index (χ2v) is 10.4. The number of para-hydroxylation sites is 1. The zero-order valence-corrected chi connectivity index (χ0v) is 24.8. The number of carbonyl (C=O) groups excluding carboxylic acids is 2. The van der Waals surface area contributed by atoms with E-state index < -0.39 is 12.0 Å². The summed E-state index contributed by atoms with van der Waals surface area (Å²) in [5.74, 6) is -0.661. The van der Waals surface area contributed by atoms with Crippen molar-refractivity contribution in [2.75, 3.05) is 65.6 Å². The van der Waals surface area contributed by atoms with Crippen LogP contribution in [-0.4, -0.2) is 88.3 Å². The van der Waals surface area contributed by atoms with Crippen LogP contribution in [-0.2, 0) is 14.3 Å². The number of nitrogens with two attached hydrogens (primary N) is 1. The summed E-state index contributed by atoms with van der Waals surface area (Å²) in [6, 6.07) is 17.3. The second-order valence-electron chi connectivity index (χ2n) is 10.4. The van der Waals surface area contributed by atoms with Gasteiger partial charge in [0.25, 0.3) is 5.91 Å². The lowest BCUT2D eigenvalue weighted by Crippen LogP contribution is -2.57. The molecule has 0 saturated carbocycles. The predicted octanol–water partition coefficient (Wildman–Crippen LogP) is 4.14. The van der Waals surface area contributed by atoms with Crippen molar-refractivity contribution >= 4 is 17.5 Å². The quantitative estimate of drug-likeness (QED) is 0.539. The van der Waals surface area contributed by atoms with Crippen molar-refractivity contribution < 1.29 is 19.1 Å². The summed E-state index contributed by atoms with van der Waals surface area (Å²) in [6.45, 7) is 3.44. The normalized spacial score (nSPS) is 20.4. The zero-order chi connectivity index (χ0) is 29.9. The van der Waals surface area contributed by atoms with Crippen LogP contribution in [0, 0.1) is 0 Å². The molecule has 3 aliphatic rings. The van der Waals surface area contributed by atoms with Crippen LogP contribution in [0.1, 0.15) is 28.3 Å². The van der Waals surface area contributed by atoms with E-state index in [0.717, 1.165) is 35.5 Å². The summed E-state index contributed by atoms with van der Waals surface area (Å²) in [6.07, 6.45) is 12.3. The lowest BCUT2D eigenvalue weighted by atomic mass is 9.76. The number of ether oxygens (including phenoxy) is 2. The molecule has 1 fully saturated rings. The van der Waals surface area contributed by atoms with Crippen LogP contribution in [0.15, 0.2) is 102 Å². The number of benzene rings is 2. The van der Waals surface area contributed by atoms with Gasteiger partial charge < -0.3 is 29.9 Å². The number of piperazine rings is 1. The van der Waals surface area contributed by atoms with E-state index in [1.165, 1.54) is 0 Å². The van der Waals surface area contributed by atoms with Crippen molar-refractivity contribution in [3.8, 4) is 0 Å². The number of nitrogens with zero attached hydrogens (tertiary/aromatic N) is 3. The van der Waals surface area contributed by atoms with Crippen LogP contribution >= 0.6 is 0 Å². The summed E-state index contributed by atoms with van der Waals surface area (Å²) in [7, 11) is 4.87. The number of methoxy groups -OCH3 is 2. The summed E-state index contributed by atoms with van der Waals surface area (Å²) >= 11 is 0. The van der Waals surface area contributed by atoms with E-state index in [0.29, 0.717) is 38.2 Å². The van der Waals surface area contributed by atoms with Crippen molar-refractivity contribution in [3.63, 3.8) is 0 Å². The van der Waals surface area contributed by atoms with Crippen molar-refractivity contribution in [1.82, 2.24) is 9.80 Å². The van der Waals surface area contributed by atoms with Gasteiger partial charge in [-0.15, -0.1) is 0 Å². The number of carbonyl (C=O) groups is 2. The first-order valence-corrected chi connectivity index (χ1v) is 14.4. The zero-order valence-electron chi connectivity index (χ0n) is 24.8. The van der Waals surface area contributed by atoms with Crippen LogP contribution in [0.25, 0.3) is 0 Å². The molecule has 5 rings (SSSR count). The fourth-order valence-electron chi connectivity index (χ4n) is 5.85. The summed E-state index contributed by atoms with van der Waals surface area (Å²) in [5, 5.41) is 0. The van der Waals surface area contributed by atoms with E-state index >= 15 is 0 Å². The van der Waals surface area contributed by atoms with E-state index in [9.17, 15) is 9.59 Å². The average molecular weight is 571 g/mol. The Morgan fingerprint density at radius 2 is 1.64 bits per heavy atom. The minimum absolute atomic E-state index is 0.0229. The van der Waals surface area contributed by atoms with E-state index in [-0.39, 0.29) is 11.8 Å². The van der Waals surface area contributed by atoms with Gasteiger partial charge in [0.1, 0.15) is 0 Å². The molecule has 2 aromatic carbocycles. The Morgan fingerprint density at radius 1 is 0.952 bits per heavy atom. The van der Waals surface area contributed by atoms with Crippen molar-refractivity contribution in [2.45, 2.75) is 18.4 Å². The molecule has 0 radical (unpaired) electrons. The number of hydrogen-bond acceptors (Lipinski definition) is 6. The monoisotopic (exact) mass is 570 g/mol. The van der Waals surface area contributed by atoms with Crippen LogP contribution in [0.4, 0.5) is 5.69 Å². The number of fused-ring (bicyclic) bond motifs is 1. The molecule has 2 N–H and O–H groups in total. The van der Waals surface area contributed by atoms with Crippen molar-refractivity contribution in [2.24, 2.45) is 5.73 Å². The van der Waals surface area contributed by atoms with Gasteiger partial charge in [0.2, 0.25) is 5.91 Å². The van der Waals surface area contributed by atoms with Gasteiger partial charge in [-0.1, -0.05) is 66.8 Å². The van der Waals surface area contributed by atoms with E-state index in [2.05, 4.69) is 27.8 Å². The average Bonchev–Trinajstić information content (AvgIpc) is 3.32. The molecule has 2 unspecified atom stereocenters. The molecule has 8 heteroatoms. The second kappa shape index (κ2) is 15.2. The molecule has 1 saturated heterocycles. The Bertz CT molecular complexity index is 1330. The minimum atomic E-state index is -0.578. The molecule has 0 aromatic heterocycles. The summed E-state index contributed by atoms with van der Waals surface area (Å²) in [5.41, 5.74) is 10.6. The van der Waals surface area contributed by atoms with E-state index in [1.807, 2.05) is 71.7 Å². The largest absolute Gasteiger partial charge is 0.404 e. The molecule has 0 spiro atoms. The fourth-order valence-corrected chi connectivity index (χ4v) is 5.85. The van der Waals surface area contributed by atoms with Crippen LogP contribution in [0.5, 0.6) is 0 Å². The Labute approximate surface area is 249 Å². The first kappa shape index (κ1) is 30.8. The molecule has 222 valence electrons. The van der Waals surface area contributed by atoms with E-state index in [4.69, 9.17) is 10.5 Å². The molecule has 2 aliphatic heterocycles. The molecule has 2 aromatic rings. The summed E-state index contributed by atoms with van der Waals surface area (Å²) in [4.78, 5) is 34.4. The molecular formula is C34H42N4O4. The van der Waals surface area contributed by atoms with Gasteiger partial charge in [-0.05, 0) is 47.5 Å².